The van der Waals surface area contributed by atoms with E-state index < -0.39 is 6.10 Å². The van der Waals surface area contributed by atoms with E-state index in [-0.39, 0.29) is 29.5 Å². The van der Waals surface area contributed by atoms with Crippen molar-refractivity contribution in [2.75, 3.05) is 7.11 Å². The molecule has 2 N–H and O–H groups in total. The maximum atomic E-state index is 12.2. The highest BCUT2D eigenvalue weighted by Crippen LogP contribution is 2.41. The Morgan fingerprint density at radius 1 is 1.19 bits per heavy atom. The van der Waals surface area contributed by atoms with Crippen LogP contribution in [0, 0.1) is 0 Å². The summed E-state index contributed by atoms with van der Waals surface area (Å²) in [5.41, 5.74) is 1.15. The fourth-order valence-corrected chi connectivity index (χ4v) is 2.38. The number of aromatic hydroxyl groups is 2. The van der Waals surface area contributed by atoms with Crippen molar-refractivity contribution in [1.29, 1.82) is 0 Å². The molecule has 0 radical (unpaired) electrons. The van der Waals surface area contributed by atoms with Crippen LogP contribution in [-0.4, -0.2) is 23.1 Å². The quantitative estimate of drug-likeness (QED) is 0.887. The van der Waals surface area contributed by atoms with Gasteiger partial charge in [0.25, 0.3) is 0 Å². The van der Waals surface area contributed by atoms with Gasteiger partial charge in [0.1, 0.15) is 17.6 Å². The molecule has 1 atom stereocenters. The molecule has 1 aliphatic rings. The van der Waals surface area contributed by atoms with Gasteiger partial charge in [-0.05, 0) is 23.8 Å². The van der Waals surface area contributed by atoms with E-state index in [1.807, 2.05) is 0 Å². The smallest absolute Gasteiger partial charge is 0.170 e. The summed E-state index contributed by atoms with van der Waals surface area (Å²) in [6.45, 7) is 0. The topological polar surface area (TPSA) is 76.0 Å². The van der Waals surface area contributed by atoms with E-state index >= 15 is 0 Å². The van der Waals surface area contributed by atoms with Gasteiger partial charge in [-0.3, -0.25) is 4.79 Å². The van der Waals surface area contributed by atoms with Crippen molar-refractivity contribution in [3.05, 3.63) is 47.5 Å². The molecule has 0 saturated heterocycles. The third-order valence-electron chi connectivity index (χ3n) is 3.49. The van der Waals surface area contributed by atoms with Crippen LogP contribution < -0.4 is 9.47 Å². The monoisotopic (exact) mass is 286 g/mol. The first kappa shape index (κ1) is 13.3. The standard InChI is InChI=1S/C16H14O5/c1-20-16-8-15-11(6-13(16)19)12(18)7-14(21-15)9-2-4-10(17)5-3-9/h2-6,8,14,17,19H,7H2,1H3/t14-/m0/s1. The molecule has 21 heavy (non-hydrogen) atoms. The number of hydrogen-bond donors (Lipinski definition) is 2. The number of fused-ring (bicyclic) bond motifs is 1. The van der Waals surface area contributed by atoms with Gasteiger partial charge in [0.15, 0.2) is 17.3 Å². The minimum absolute atomic E-state index is 0.0868. The highest BCUT2D eigenvalue weighted by molar-refractivity contribution is 6.00. The molecule has 108 valence electrons. The van der Waals surface area contributed by atoms with Crippen LogP contribution in [0.3, 0.4) is 0 Å². The second-order valence-electron chi connectivity index (χ2n) is 4.85. The number of phenols is 2. The van der Waals surface area contributed by atoms with Crippen molar-refractivity contribution >= 4 is 5.78 Å². The second kappa shape index (κ2) is 5.01. The first-order chi connectivity index (χ1) is 10.1. The van der Waals surface area contributed by atoms with Crippen LogP contribution in [0.5, 0.6) is 23.0 Å². The summed E-state index contributed by atoms with van der Waals surface area (Å²) >= 11 is 0. The highest BCUT2D eigenvalue weighted by Gasteiger charge is 2.29. The molecule has 1 aliphatic heterocycles. The Hall–Kier alpha value is -2.69. The number of methoxy groups -OCH3 is 1. The summed E-state index contributed by atoms with van der Waals surface area (Å²) in [5, 5.41) is 19.0. The van der Waals surface area contributed by atoms with E-state index in [0.29, 0.717) is 11.3 Å². The van der Waals surface area contributed by atoms with Gasteiger partial charge < -0.3 is 19.7 Å². The molecule has 0 fully saturated rings. The van der Waals surface area contributed by atoms with E-state index in [2.05, 4.69) is 0 Å². The maximum Gasteiger partial charge on any atom is 0.170 e. The molecule has 0 unspecified atom stereocenters. The van der Waals surface area contributed by atoms with E-state index in [4.69, 9.17) is 9.47 Å². The van der Waals surface area contributed by atoms with Crippen molar-refractivity contribution in [2.24, 2.45) is 0 Å². The number of hydrogen-bond acceptors (Lipinski definition) is 5. The number of rotatable bonds is 2. The van der Waals surface area contributed by atoms with Gasteiger partial charge in [0.05, 0.1) is 19.1 Å². The summed E-state index contributed by atoms with van der Waals surface area (Å²) in [5.74, 6) is 0.614. The number of ketones is 1. The van der Waals surface area contributed by atoms with E-state index in [1.165, 1.54) is 19.2 Å². The fraction of sp³-hybridized carbons (Fsp3) is 0.188. The van der Waals surface area contributed by atoms with Crippen molar-refractivity contribution in [2.45, 2.75) is 12.5 Å². The zero-order valence-electron chi connectivity index (χ0n) is 11.4. The SMILES string of the molecule is COc1cc2c(cc1O)C(=O)C[C@@H](c1ccc(O)cc1)O2. The molecular formula is C16H14O5. The molecule has 5 nitrogen and oxygen atoms in total. The van der Waals surface area contributed by atoms with Crippen molar-refractivity contribution in [1.82, 2.24) is 0 Å². The summed E-state index contributed by atoms with van der Waals surface area (Å²) in [7, 11) is 1.43. The maximum absolute atomic E-state index is 12.2. The predicted octanol–water partition coefficient (Wildman–Crippen LogP) is 2.81. The molecule has 0 aliphatic carbocycles. The van der Waals surface area contributed by atoms with Crippen LogP contribution in [0.15, 0.2) is 36.4 Å². The molecule has 0 saturated carbocycles. The van der Waals surface area contributed by atoms with Gasteiger partial charge in [0.2, 0.25) is 0 Å². The third kappa shape index (κ3) is 2.38. The van der Waals surface area contributed by atoms with Gasteiger partial charge >= 0.3 is 0 Å². The molecule has 0 amide bonds. The van der Waals surface area contributed by atoms with Crippen molar-refractivity contribution < 1.29 is 24.5 Å². The molecule has 0 spiro atoms. The molecule has 2 aromatic carbocycles. The molecule has 5 heteroatoms. The number of benzene rings is 2. The van der Waals surface area contributed by atoms with Crippen LogP contribution in [0.25, 0.3) is 0 Å². The molecule has 1 heterocycles. The molecule has 2 aromatic rings. The minimum Gasteiger partial charge on any atom is -0.508 e. The van der Waals surface area contributed by atoms with Crippen molar-refractivity contribution in [3.8, 4) is 23.0 Å². The Morgan fingerprint density at radius 3 is 2.57 bits per heavy atom. The molecular weight excluding hydrogens is 272 g/mol. The summed E-state index contributed by atoms with van der Waals surface area (Å²) in [4.78, 5) is 12.2. The lowest BCUT2D eigenvalue weighted by molar-refractivity contribution is 0.0848. The average Bonchev–Trinajstić information content (AvgIpc) is 2.48. The Labute approximate surface area is 121 Å². The van der Waals surface area contributed by atoms with Crippen LogP contribution in [0.1, 0.15) is 28.4 Å². The zero-order valence-corrected chi connectivity index (χ0v) is 11.4. The lowest BCUT2D eigenvalue weighted by Gasteiger charge is -2.26. The zero-order chi connectivity index (χ0) is 15.0. The lowest BCUT2D eigenvalue weighted by atomic mass is 9.96. The Balaban J connectivity index is 1.97. The largest absolute Gasteiger partial charge is 0.508 e. The molecule has 0 aromatic heterocycles. The van der Waals surface area contributed by atoms with Gasteiger partial charge in [0, 0.05) is 6.07 Å². The van der Waals surface area contributed by atoms with Crippen LogP contribution in [0.2, 0.25) is 0 Å². The van der Waals surface area contributed by atoms with Gasteiger partial charge in [-0.1, -0.05) is 12.1 Å². The van der Waals surface area contributed by atoms with Gasteiger partial charge in [-0.15, -0.1) is 0 Å². The van der Waals surface area contributed by atoms with Crippen LogP contribution in [0.4, 0.5) is 0 Å². The summed E-state index contributed by atoms with van der Waals surface area (Å²) in [6.07, 6.45) is -0.233. The van der Waals surface area contributed by atoms with Crippen LogP contribution >= 0.6 is 0 Å². The molecule has 3 rings (SSSR count). The number of phenolic OH excluding ortho intramolecular Hbond substituents is 2. The number of Topliss-reactive ketones (excluding diaryl/α,β-unsaturated/α-hetero) is 1. The van der Waals surface area contributed by atoms with Crippen molar-refractivity contribution in [3.63, 3.8) is 0 Å². The van der Waals surface area contributed by atoms with E-state index in [9.17, 15) is 15.0 Å². The first-order valence-electron chi connectivity index (χ1n) is 6.48. The first-order valence-corrected chi connectivity index (χ1v) is 6.48. The lowest BCUT2D eigenvalue weighted by Crippen LogP contribution is -2.20. The number of carbonyl (C=O) groups excluding carboxylic acids is 1. The highest BCUT2D eigenvalue weighted by atomic mass is 16.5. The van der Waals surface area contributed by atoms with E-state index in [0.717, 1.165) is 5.56 Å². The normalized spacial score (nSPS) is 17.0. The van der Waals surface area contributed by atoms with Gasteiger partial charge in [-0.2, -0.15) is 0 Å². The third-order valence-corrected chi connectivity index (χ3v) is 3.49. The summed E-state index contributed by atoms with van der Waals surface area (Å²) in [6, 6.07) is 9.41. The number of carbonyl (C=O) groups is 1. The molecule has 0 bridgehead atoms. The number of ether oxygens (including phenoxy) is 2. The Bertz CT molecular complexity index is 691. The fourth-order valence-electron chi connectivity index (χ4n) is 2.38. The predicted molar refractivity (Wildman–Crippen MR) is 75.1 cm³/mol. The second-order valence-corrected chi connectivity index (χ2v) is 4.85. The van der Waals surface area contributed by atoms with E-state index in [1.54, 1.807) is 24.3 Å². The van der Waals surface area contributed by atoms with Crippen LogP contribution in [-0.2, 0) is 0 Å². The Kier molecular flexibility index (Phi) is 3.17. The minimum atomic E-state index is -0.417. The average molecular weight is 286 g/mol. The summed E-state index contributed by atoms with van der Waals surface area (Å²) < 4.78 is 10.9. The van der Waals surface area contributed by atoms with Gasteiger partial charge in [-0.25, -0.2) is 0 Å². The Morgan fingerprint density at radius 2 is 1.90 bits per heavy atom.